The van der Waals surface area contributed by atoms with Crippen molar-refractivity contribution in [3.8, 4) is 0 Å². The zero-order valence-electron chi connectivity index (χ0n) is 11.3. The van der Waals surface area contributed by atoms with Crippen LogP contribution in [0.4, 0.5) is 0 Å². The maximum atomic E-state index is 12.3. The highest BCUT2D eigenvalue weighted by molar-refractivity contribution is 7.10. The summed E-state index contributed by atoms with van der Waals surface area (Å²) in [5.41, 5.74) is 6.01. The molecule has 0 radical (unpaired) electrons. The molecule has 1 aromatic heterocycles. The van der Waals surface area contributed by atoms with E-state index in [-0.39, 0.29) is 17.7 Å². The van der Waals surface area contributed by atoms with E-state index in [0.29, 0.717) is 26.2 Å². The smallest absolute Gasteiger partial charge is 0.245 e. The van der Waals surface area contributed by atoms with Gasteiger partial charge in [0.1, 0.15) is 6.04 Å². The Hall–Kier alpha value is -1.40. The van der Waals surface area contributed by atoms with Crippen LogP contribution in [0.2, 0.25) is 0 Å². The van der Waals surface area contributed by atoms with Crippen molar-refractivity contribution in [3.05, 3.63) is 22.4 Å². The van der Waals surface area contributed by atoms with Crippen LogP contribution in [0.25, 0.3) is 0 Å². The number of thiophene rings is 1. The summed E-state index contributed by atoms with van der Waals surface area (Å²) >= 11 is 1.50. The summed E-state index contributed by atoms with van der Waals surface area (Å²) in [5.74, 6) is 0.483. The van der Waals surface area contributed by atoms with Crippen molar-refractivity contribution in [1.82, 2.24) is 9.80 Å². The predicted octanol–water partition coefficient (Wildman–Crippen LogP) is 0.829. The highest BCUT2D eigenvalue weighted by Gasteiger charge is 2.35. The van der Waals surface area contributed by atoms with Crippen LogP contribution in [0.15, 0.2) is 17.5 Å². The molecule has 1 saturated heterocycles. The summed E-state index contributed by atoms with van der Waals surface area (Å²) in [6.45, 7) is 2.46. The van der Waals surface area contributed by atoms with Crippen LogP contribution < -0.4 is 5.73 Å². The van der Waals surface area contributed by atoms with Crippen molar-refractivity contribution in [3.63, 3.8) is 0 Å². The summed E-state index contributed by atoms with van der Waals surface area (Å²) < 4.78 is 0. The summed E-state index contributed by atoms with van der Waals surface area (Å²) in [6.07, 6.45) is 2.06. The van der Waals surface area contributed by atoms with Crippen molar-refractivity contribution in [2.75, 3.05) is 26.2 Å². The molecular weight excluding hydrogens is 274 g/mol. The standard InChI is InChI=1S/C14H19N3O2S/c15-12(11-2-1-9-20-11)14(19)17-7-5-16(6-8-17)13(18)10-3-4-10/h1-2,9-10,12H,3-8,15H2. The van der Waals surface area contributed by atoms with E-state index >= 15 is 0 Å². The topological polar surface area (TPSA) is 66.6 Å². The highest BCUT2D eigenvalue weighted by Crippen LogP contribution is 2.31. The largest absolute Gasteiger partial charge is 0.339 e. The van der Waals surface area contributed by atoms with Crippen LogP contribution >= 0.6 is 11.3 Å². The van der Waals surface area contributed by atoms with Gasteiger partial charge in [0.25, 0.3) is 0 Å². The number of piperazine rings is 1. The molecule has 2 amide bonds. The number of hydrogen-bond donors (Lipinski definition) is 1. The Bertz CT molecular complexity index is 491. The molecule has 2 N–H and O–H groups in total. The van der Waals surface area contributed by atoms with E-state index in [1.807, 2.05) is 22.4 Å². The molecule has 0 bridgehead atoms. The van der Waals surface area contributed by atoms with E-state index < -0.39 is 6.04 Å². The summed E-state index contributed by atoms with van der Waals surface area (Å²) in [6, 6.07) is 3.22. The van der Waals surface area contributed by atoms with E-state index in [0.717, 1.165) is 17.7 Å². The van der Waals surface area contributed by atoms with Gasteiger partial charge in [0, 0.05) is 37.0 Å². The van der Waals surface area contributed by atoms with Crippen molar-refractivity contribution < 1.29 is 9.59 Å². The van der Waals surface area contributed by atoms with Crippen LogP contribution in [-0.4, -0.2) is 47.8 Å². The zero-order chi connectivity index (χ0) is 14.1. The van der Waals surface area contributed by atoms with Gasteiger partial charge >= 0.3 is 0 Å². The summed E-state index contributed by atoms with van der Waals surface area (Å²) in [5, 5.41) is 1.93. The Kier molecular flexibility index (Phi) is 3.76. The Morgan fingerprint density at radius 3 is 2.40 bits per heavy atom. The fraction of sp³-hybridized carbons (Fsp3) is 0.571. The zero-order valence-corrected chi connectivity index (χ0v) is 12.1. The quantitative estimate of drug-likeness (QED) is 0.897. The van der Waals surface area contributed by atoms with Gasteiger partial charge in [-0.25, -0.2) is 0 Å². The SMILES string of the molecule is NC(C(=O)N1CCN(C(=O)C2CC2)CC1)c1cccs1. The Balaban J connectivity index is 1.54. The van der Waals surface area contributed by atoms with Gasteiger partial charge in [-0.3, -0.25) is 9.59 Å². The van der Waals surface area contributed by atoms with Crippen molar-refractivity contribution in [2.45, 2.75) is 18.9 Å². The molecule has 1 unspecified atom stereocenters. The number of carbonyl (C=O) groups excluding carboxylic acids is 2. The lowest BCUT2D eigenvalue weighted by Gasteiger charge is -2.35. The fourth-order valence-electron chi connectivity index (χ4n) is 2.52. The number of carbonyl (C=O) groups is 2. The molecule has 2 aliphatic rings. The number of hydrogen-bond acceptors (Lipinski definition) is 4. The summed E-state index contributed by atoms with van der Waals surface area (Å²) in [4.78, 5) is 28.8. The fourth-order valence-corrected chi connectivity index (χ4v) is 3.24. The maximum Gasteiger partial charge on any atom is 0.245 e. The third kappa shape index (κ3) is 2.71. The van der Waals surface area contributed by atoms with Crippen LogP contribution in [0.1, 0.15) is 23.8 Å². The first-order chi connectivity index (χ1) is 9.66. The number of rotatable bonds is 3. The Morgan fingerprint density at radius 2 is 1.85 bits per heavy atom. The first-order valence-electron chi connectivity index (χ1n) is 7.03. The molecule has 3 rings (SSSR count). The van der Waals surface area contributed by atoms with E-state index in [4.69, 9.17) is 5.73 Å². The molecule has 2 fully saturated rings. The van der Waals surface area contributed by atoms with E-state index in [9.17, 15) is 9.59 Å². The van der Waals surface area contributed by atoms with Crippen molar-refractivity contribution in [1.29, 1.82) is 0 Å². The molecule has 1 aliphatic carbocycles. The average Bonchev–Trinajstić information content (AvgIpc) is 3.20. The van der Waals surface area contributed by atoms with Crippen molar-refractivity contribution in [2.24, 2.45) is 11.7 Å². The third-order valence-corrected chi connectivity index (χ3v) is 4.90. The molecule has 20 heavy (non-hydrogen) atoms. The van der Waals surface area contributed by atoms with Gasteiger partial charge in [-0.15, -0.1) is 11.3 Å². The van der Waals surface area contributed by atoms with Crippen LogP contribution in [0, 0.1) is 5.92 Å². The van der Waals surface area contributed by atoms with E-state index in [2.05, 4.69) is 0 Å². The molecule has 1 aliphatic heterocycles. The minimum Gasteiger partial charge on any atom is -0.339 e. The highest BCUT2D eigenvalue weighted by atomic mass is 32.1. The normalized spacial score (nSPS) is 20.9. The monoisotopic (exact) mass is 293 g/mol. The third-order valence-electron chi connectivity index (χ3n) is 3.95. The van der Waals surface area contributed by atoms with Gasteiger partial charge in [-0.2, -0.15) is 0 Å². The molecule has 0 aromatic carbocycles. The van der Waals surface area contributed by atoms with Crippen LogP contribution in [0.5, 0.6) is 0 Å². The second-order valence-corrected chi connectivity index (χ2v) is 6.40. The Labute approximate surface area is 122 Å². The molecule has 108 valence electrons. The lowest BCUT2D eigenvalue weighted by Crippen LogP contribution is -2.52. The average molecular weight is 293 g/mol. The molecule has 6 heteroatoms. The van der Waals surface area contributed by atoms with Crippen LogP contribution in [0.3, 0.4) is 0 Å². The summed E-state index contributed by atoms with van der Waals surface area (Å²) in [7, 11) is 0. The lowest BCUT2D eigenvalue weighted by molar-refractivity contribution is -0.141. The predicted molar refractivity (Wildman–Crippen MR) is 77.1 cm³/mol. The second-order valence-electron chi connectivity index (χ2n) is 5.42. The minimum atomic E-state index is -0.569. The van der Waals surface area contributed by atoms with Gasteiger partial charge in [0.15, 0.2) is 0 Å². The lowest BCUT2D eigenvalue weighted by atomic mass is 10.2. The number of amides is 2. The second kappa shape index (κ2) is 5.54. The first-order valence-corrected chi connectivity index (χ1v) is 7.91. The van der Waals surface area contributed by atoms with Crippen molar-refractivity contribution >= 4 is 23.2 Å². The van der Waals surface area contributed by atoms with E-state index in [1.54, 1.807) is 4.90 Å². The molecule has 5 nitrogen and oxygen atoms in total. The molecule has 1 atom stereocenters. The molecule has 0 spiro atoms. The van der Waals surface area contributed by atoms with Gasteiger partial charge in [-0.05, 0) is 24.3 Å². The van der Waals surface area contributed by atoms with Gasteiger partial charge in [0.05, 0.1) is 0 Å². The Morgan fingerprint density at radius 1 is 1.20 bits per heavy atom. The van der Waals surface area contributed by atoms with Gasteiger partial charge < -0.3 is 15.5 Å². The molecular formula is C14H19N3O2S. The van der Waals surface area contributed by atoms with Gasteiger partial charge in [-0.1, -0.05) is 6.07 Å². The maximum absolute atomic E-state index is 12.3. The number of nitrogens with zero attached hydrogens (tertiary/aromatic N) is 2. The molecule has 1 aromatic rings. The van der Waals surface area contributed by atoms with Gasteiger partial charge in [0.2, 0.25) is 11.8 Å². The van der Waals surface area contributed by atoms with E-state index in [1.165, 1.54) is 11.3 Å². The molecule has 1 saturated carbocycles. The first kappa shape index (κ1) is 13.6. The minimum absolute atomic E-state index is 0.0361. The van der Waals surface area contributed by atoms with Crippen LogP contribution in [-0.2, 0) is 9.59 Å². The molecule has 2 heterocycles. The number of nitrogens with two attached hydrogens (primary N) is 1.